The molecule has 1 atom stereocenters. The molecule has 1 unspecified atom stereocenters. The Balaban J connectivity index is 2.69. The first-order valence-electron chi connectivity index (χ1n) is 4.59. The molecule has 0 aliphatic carbocycles. The van der Waals surface area contributed by atoms with Crippen LogP contribution in [0.4, 0.5) is 0 Å². The molecule has 0 aliphatic rings. The predicted octanol–water partition coefficient (Wildman–Crippen LogP) is 2.58. The molecule has 0 aliphatic heterocycles. The standard InChI is InChI=1S/C10H13ClN2O/c1-2-3-8-4-5-10(14-8)9(6-12)13-7-11/h4-5,9,13H,2-3,7H2,1H3. The SMILES string of the molecule is CCCc1ccc(C(C#N)NCCl)o1. The van der Waals surface area contributed by atoms with Gasteiger partial charge in [-0.05, 0) is 18.6 Å². The summed E-state index contributed by atoms with van der Waals surface area (Å²) in [7, 11) is 0. The van der Waals surface area contributed by atoms with Gasteiger partial charge >= 0.3 is 0 Å². The molecule has 0 aromatic carbocycles. The molecular formula is C10H13ClN2O. The highest BCUT2D eigenvalue weighted by molar-refractivity contribution is 6.17. The molecule has 0 amide bonds. The maximum absolute atomic E-state index is 8.82. The van der Waals surface area contributed by atoms with Gasteiger partial charge in [0.1, 0.15) is 11.5 Å². The minimum Gasteiger partial charge on any atom is -0.463 e. The van der Waals surface area contributed by atoms with Crippen molar-refractivity contribution < 1.29 is 4.42 Å². The maximum atomic E-state index is 8.82. The molecular weight excluding hydrogens is 200 g/mol. The molecule has 0 spiro atoms. The largest absolute Gasteiger partial charge is 0.463 e. The minimum absolute atomic E-state index is 0.238. The molecule has 0 radical (unpaired) electrons. The molecule has 3 nitrogen and oxygen atoms in total. The summed E-state index contributed by atoms with van der Waals surface area (Å²) < 4.78 is 5.49. The van der Waals surface area contributed by atoms with Gasteiger partial charge in [-0.15, -0.1) is 11.6 Å². The van der Waals surface area contributed by atoms with Crippen molar-refractivity contribution in [2.24, 2.45) is 0 Å². The van der Waals surface area contributed by atoms with Crippen LogP contribution in [0.2, 0.25) is 0 Å². The van der Waals surface area contributed by atoms with E-state index in [0.29, 0.717) is 5.76 Å². The third-order valence-corrected chi connectivity index (χ3v) is 2.03. The fraction of sp³-hybridized carbons (Fsp3) is 0.500. The second-order valence-corrected chi connectivity index (χ2v) is 3.22. The summed E-state index contributed by atoms with van der Waals surface area (Å²) in [6.45, 7) is 2.08. The summed E-state index contributed by atoms with van der Waals surface area (Å²) in [5, 5.41) is 11.6. The highest BCUT2D eigenvalue weighted by atomic mass is 35.5. The topological polar surface area (TPSA) is 49.0 Å². The molecule has 0 bridgehead atoms. The number of hydrogen-bond acceptors (Lipinski definition) is 3. The van der Waals surface area contributed by atoms with Gasteiger partial charge in [0.05, 0.1) is 12.1 Å². The molecule has 76 valence electrons. The van der Waals surface area contributed by atoms with Crippen LogP contribution < -0.4 is 5.32 Å². The Hall–Kier alpha value is -0.980. The molecule has 1 aromatic rings. The highest BCUT2D eigenvalue weighted by Gasteiger charge is 2.13. The maximum Gasteiger partial charge on any atom is 0.155 e. The second-order valence-electron chi connectivity index (χ2n) is 2.95. The Labute approximate surface area is 88.7 Å². The fourth-order valence-corrected chi connectivity index (χ4v) is 1.37. The van der Waals surface area contributed by atoms with Crippen LogP contribution >= 0.6 is 11.6 Å². The number of alkyl halides is 1. The zero-order chi connectivity index (χ0) is 10.4. The van der Waals surface area contributed by atoms with Gasteiger partial charge < -0.3 is 4.42 Å². The van der Waals surface area contributed by atoms with Crippen LogP contribution in [0, 0.1) is 11.3 Å². The van der Waals surface area contributed by atoms with E-state index < -0.39 is 6.04 Å². The van der Waals surface area contributed by atoms with Crippen molar-refractivity contribution in [3.05, 3.63) is 23.7 Å². The molecule has 14 heavy (non-hydrogen) atoms. The quantitative estimate of drug-likeness (QED) is 0.603. The molecule has 4 heteroatoms. The average molecular weight is 213 g/mol. The molecule has 0 saturated carbocycles. The van der Waals surface area contributed by atoms with Crippen LogP contribution in [0.5, 0.6) is 0 Å². The van der Waals surface area contributed by atoms with Crippen LogP contribution in [0.1, 0.15) is 30.9 Å². The van der Waals surface area contributed by atoms with Crippen LogP contribution in [0.3, 0.4) is 0 Å². The zero-order valence-electron chi connectivity index (χ0n) is 8.09. The lowest BCUT2D eigenvalue weighted by Crippen LogP contribution is -2.17. The van der Waals surface area contributed by atoms with Gasteiger partial charge in [-0.2, -0.15) is 5.26 Å². The minimum atomic E-state index is -0.446. The molecule has 1 N–H and O–H groups in total. The van der Waals surface area contributed by atoms with E-state index in [9.17, 15) is 0 Å². The van der Waals surface area contributed by atoms with E-state index in [1.54, 1.807) is 0 Å². The van der Waals surface area contributed by atoms with Crippen LogP contribution in [-0.2, 0) is 6.42 Å². The van der Waals surface area contributed by atoms with Crippen molar-refractivity contribution in [3.63, 3.8) is 0 Å². The van der Waals surface area contributed by atoms with Gasteiger partial charge in [-0.25, -0.2) is 0 Å². The zero-order valence-corrected chi connectivity index (χ0v) is 8.84. The monoisotopic (exact) mass is 212 g/mol. The van der Waals surface area contributed by atoms with Crippen molar-refractivity contribution in [3.8, 4) is 6.07 Å². The summed E-state index contributed by atoms with van der Waals surface area (Å²) in [5.74, 6) is 1.55. The van der Waals surface area contributed by atoms with E-state index in [1.807, 2.05) is 12.1 Å². The third-order valence-electron chi connectivity index (χ3n) is 1.87. The number of hydrogen-bond donors (Lipinski definition) is 1. The molecule has 1 aromatic heterocycles. The van der Waals surface area contributed by atoms with Crippen LogP contribution in [0.25, 0.3) is 0 Å². The molecule has 0 fully saturated rings. The van der Waals surface area contributed by atoms with Crippen molar-refractivity contribution >= 4 is 11.6 Å². The van der Waals surface area contributed by atoms with Gasteiger partial charge in [0, 0.05) is 6.42 Å². The Morgan fingerprint density at radius 3 is 3.00 bits per heavy atom. The summed E-state index contributed by atoms with van der Waals surface area (Å²) in [5.41, 5.74) is 0. The lowest BCUT2D eigenvalue weighted by molar-refractivity contribution is 0.434. The van der Waals surface area contributed by atoms with Crippen molar-refractivity contribution in [1.29, 1.82) is 5.26 Å². The van der Waals surface area contributed by atoms with Crippen molar-refractivity contribution in [1.82, 2.24) is 5.32 Å². The normalized spacial score (nSPS) is 12.4. The average Bonchev–Trinajstić information content (AvgIpc) is 2.63. The Morgan fingerprint density at radius 1 is 1.64 bits per heavy atom. The fourth-order valence-electron chi connectivity index (χ4n) is 1.22. The Bertz CT molecular complexity index is 316. The number of furan rings is 1. The summed E-state index contributed by atoms with van der Waals surface area (Å²) in [6.07, 6.45) is 1.94. The van der Waals surface area contributed by atoms with Crippen LogP contribution in [-0.4, -0.2) is 6.00 Å². The number of halogens is 1. The van der Waals surface area contributed by atoms with Gasteiger partial charge in [-0.1, -0.05) is 6.92 Å². The van der Waals surface area contributed by atoms with E-state index >= 15 is 0 Å². The van der Waals surface area contributed by atoms with Crippen molar-refractivity contribution in [2.45, 2.75) is 25.8 Å². The van der Waals surface area contributed by atoms with E-state index in [-0.39, 0.29) is 6.00 Å². The van der Waals surface area contributed by atoms with Gasteiger partial charge in [0.2, 0.25) is 0 Å². The summed E-state index contributed by atoms with van der Waals surface area (Å²) in [6, 6.07) is 5.60. The van der Waals surface area contributed by atoms with Gasteiger partial charge in [0.15, 0.2) is 6.04 Å². The first-order valence-corrected chi connectivity index (χ1v) is 5.12. The number of nitrogens with one attached hydrogen (secondary N) is 1. The Morgan fingerprint density at radius 2 is 2.43 bits per heavy atom. The van der Waals surface area contributed by atoms with Crippen molar-refractivity contribution in [2.75, 3.05) is 6.00 Å². The first kappa shape index (κ1) is 11.1. The predicted molar refractivity (Wildman–Crippen MR) is 54.9 cm³/mol. The molecule has 1 rings (SSSR count). The molecule has 1 heterocycles. The second kappa shape index (κ2) is 5.69. The highest BCUT2D eigenvalue weighted by Crippen LogP contribution is 2.17. The van der Waals surface area contributed by atoms with Gasteiger partial charge in [-0.3, -0.25) is 5.32 Å². The lowest BCUT2D eigenvalue weighted by atomic mass is 10.2. The third kappa shape index (κ3) is 2.76. The number of nitrogens with zero attached hydrogens (tertiary/aromatic N) is 1. The van der Waals surface area contributed by atoms with Crippen LogP contribution in [0.15, 0.2) is 16.5 Å². The van der Waals surface area contributed by atoms with E-state index in [4.69, 9.17) is 21.3 Å². The van der Waals surface area contributed by atoms with E-state index in [0.717, 1.165) is 18.6 Å². The summed E-state index contributed by atoms with van der Waals surface area (Å²) >= 11 is 5.49. The first-order chi connectivity index (χ1) is 6.81. The lowest BCUT2D eigenvalue weighted by Gasteiger charge is -2.04. The Kier molecular flexibility index (Phi) is 4.51. The number of aryl methyl sites for hydroxylation is 1. The number of rotatable bonds is 5. The number of nitriles is 1. The van der Waals surface area contributed by atoms with E-state index in [1.165, 1.54) is 0 Å². The van der Waals surface area contributed by atoms with Gasteiger partial charge in [0.25, 0.3) is 0 Å². The molecule has 0 saturated heterocycles. The summed E-state index contributed by atoms with van der Waals surface area (Å²) in [4.78, 5) is 0. The smallest absolute Gasteiger partial charge is 0.155 e. The van der Waals surface area contributed by atoms with E-state index in [2.05, 4.69) is 18.3 Å².